The Labute approximate surface area is 95.2 Å². The summed E-state index contributed by atoms with van der Waals surface area (Å²) in [4.78, 5) is 12.0. The van der Waals surface area contributed by atoms with Gasteiger partial charge in [-0.1, -0.05) is 6.42 Å². The molecule has 0 spiro atoms. The minimum atomic E-state index is 0.226. The van der Waals surface area contributed by atoms with Gasteiger partial charge in [0.2, 0.25) is 5.91 Å². The number of hydrogen-bond acceptors (Lipinski definition) is 2. The van der Waals surface area contributed by atoms with E-state index >= 15 is 0 Å². The number of rotatable bonds is 3. The molecule has 2 bridgehead atoms. The van der Waals surface area contributed by atoms with Crippen LogP contribution in [-0.2, 0) is 11.3 Å². The van der Waals surface area contributed by atoms with Crippen LogP contribution in [0.5, 0.6) is 0 Å². The standard InChI is InChI=1S/C13H17NO2/c15-13(14-8-11-2-1-5-16-11)12-7-9-3-4-10(12)6-9/h1-2,5,9-10,12H,3-4,6-8H2,(H,14,15)/t9-,10-,12-/m1/s1. The second-order valence-corrected chi connectivity index (χ2v) is 5.08. The Balaban J connectivity index is 1.54. The summed E-state index contributed by atoms with van der Waals surface area (Å²) in [6, 6.07) is 3.74. The monoisotopic (exact) mass is 219 g/mol. The predicted octanol–water partition coefficient (Wildman–Crippen LogP) is 2.33. The largest absolute Gasteiger partial charge is 0.467 e. The van der Waals surface area contributed by atoms with Crippen LogP contribution in [0.2, 0.25) is 0 Å². The number of fused-ring (bicyclic) bond motifs is 2. The number of amides is 1. The molecule has 3 nitrogen and oxygen atoms in total. The van der Waals surface area contributed by atoms with E-state index in [9.17, 15) is 4.79 Å². The van der Waals surface area contributed by atoms with E-state index < -0.39 is 0 Å². The Kier molecular flexibility index (Phi) is 2.46. The third kappa shape index (κ3) is 1.75. The number of hydrogen-bond donors (Lipinski definition) is 1. The van der Waals surface area contributed by atoms with Crippen LogP contribution in [0, 0.1) is 17.8 Å². The Morgan fingerprint density at radius 2 is 2.38 bits per heavy atom. The summed E-state index contributed by atoms with van der Waals surface area (Å²) in [5.74, 6) is 2.81. The highest BCUT2D eigenvalue weighted by atomic mass is 16.3. The van der Waals surface area contributed by atoms with Gasteiger partial charge in [-0.2, -0.15) is 0 Å². The van der Waals surface area contributed by atoms with Crippen molar-refractivity contribution in [1.29, 1.82) is 0 Å². The maximum absolute atomic E-state index is 12.0. The van der Waals surface area contributed by atoms with Crippen molar-refractivity contribution in [3.05, 3.63) is 24.2 Å². The minimum absolute atomic E-state index is 0.226. The van der Waals surface area contributed by atoms with Gasteiger partial charge in [-0.25, -0.2) is 0 Å². The van der Waals surface area contributed by atoms with Crippen LogP contribution in [0.3, 0.4) is 0 Å². The molecule has 0 aliphatic heterocycles. The van der Waals surface area contributed by atoms with Crippen LogP contribution in [-0.4, -0.2) is 5.91 Å². The van der Waals surface area contributed by atoms with E-state index in [1.165, 1.54) is 19.3 Å². The average molecular weight is 219 g/mol. The lowest BCUT2D eigenvalue weighted by molar-refractivity contribution is -0.126. The van der Waals surface area contributed by atoms with Gasteiger partial charge in [0, 0.05) is 5.92 Å². The summed E-state index contributed by atoms with van der Waals surface area (Å²) in [6.45, 7) is 0.527. The number of carbonyl (C=O) groups excluding carboxylic acids is 1. The molecule has 1 aromatic rings. The van der Waals surface area contributed by atoms with Gasteiger partial charge in [-0.15, -0.1) is 0 Å². The summed E-state index contributed by atoms with van der Waals surface area (Å²) < 4.78 is 5.19. The molecule has 3 heteroatoms. The third-order valence-electron chi connectivity index (χ3n) is 4.09. The van der Waals surface area contributed by atoms with Crippen molar-refractivity contribution in [2.45, 2.75) is 32.2 Å². The molecule has 1 N–H and O–H groups in total. The summed E-state index contributed by atoms with van der Waals surface area (Å²) in [5, 5.41) is 2.98. The zero-order valence-corrected chi connectivity index (χ0v) is 9.32. The fourth-order valence-corrected chi connectivity index (χ4v) is 3.28. The van der Waals surface area contributed by atoms with E-state index in [0.29, 0.717) is 12.5 Å². The predicted molar refractivity (Wildman–Crippen MR) is 59.5 cm³/mol. The lowest BCUT2D eigenvalue weighted by Crippen LogP contribution is -2.33. The molecule has 3 rings (SSSR count). The normalized spacial score (nSPS) is 31.9. The van der Waals surface area contributed by atoms with Crippen LogP contribution < -0.4 is 5.32 Å². The molecule has 0 radical (unpaired) electrons. The van der Waals surface area contributed by atoms with Crippen molar-refractivity contribution in [2.24, 2.45) is 17.8 Å². The SMILES string of the molecule is O=C(NCc1ccco1)[C@@H]1C[C@@H]2CC[C@@H]1C2. The van der Waals surface area contributed by atoms with E-state index in [4.69, 9.17) is 4.42 Å². The van der Waals surface area contributed by atoms with Gasteiger partial charge in [0.05, 0.1) is 12.8 Å². The summed E-state index contributed by atoms with van der Waals surface area (Å²) in [5.41, 5.74) is 0. The quantitative estimate of drug-likeness (QED) is 0.847. The first-order valence-electron chi connectivity index (χ1n) is 6.13. The molecule has 0 unspecified atom stereocenters. The first-order chi connectivity index (χ1) is 7.83. The Morgan fingerprint density at radius 3 is 3.00 bits per heavy atom. The van der Waals surface area contributed by atoms with Crippen LogP contribution in [0.25, 0.3) is 0 Å². The zero-order valence-electron chi connectivity index (χ0n) is 9.32. The molecule has 1 heterocycles. The molecule has 2 fully saturated rings. The lowest BCUT2D eigenvalue weighted by Gasteiger charge is -2.20. The number of nitrogens with one attached hydrogen (secondary N) is 1. The number of furan rings is 1. The fraction of sp³-hybridized carbons (Fsp3) is 0.615. The molecule has 2 aliphatic carbocycles. The molecule has 2 saturated carbocycles. The molecule has 0 aromatic carbocycles. The van der Waals surface area contributed by atoms with Gasteiger partial charge in [-0.05, 0) is 43.2 Å². The van der Waals surface area contributed by atoms with E-state index in [2.05, 4.69) is 5.32 Å². The lowest BCUT2D eigenvalue weighted by atomic mass is 9.88. The smallest absolute Gasteiger partial charge is 0.223 e. The molecule has 2 aliphatic rings. The Morgan fingerprint density at radius 1 is 1.44 bits per heavy atom. The molecule has 16 heavy (non-hydrogen) atoms. The van der Waals surface area contributed by atoms with Gasteiger partial charge in [0.1, 0.15) is 5.76 Å². The van der Waals surface area contributed by atoms with Crippen LogP contribution in [0.15, 0.2) is 22.8 Å². The topological polar surface area (TPSA) is 42.2 Å². The van der Waals surface area contributed by atoms with Gasteiger partial charge in [0.15, 0.2) is 0 Å². The van der Waals surface area contributed by atoms with Crippen molar-refractivity contribution < 1.29 is 9.21 Å². The van der Waals surface area contributed by atoms with Gasteiger partial charge in [0.25, 0.3) is 0 Å². The van der Waals surface area contributed by atoms with E-state index in [1.54, 1.807) is 6.26 Å². The van der Waals surface area contributed by atoms with E-state index in [0.717, 1.165) is 18.1 Å². The highest BCUT2D eigenvalue weighted by Crippen LogP contribution is 2.48. The maximum atomic E-state index is 12.0. The van der Waals surface area contributed by atoms with Crippen molar-refractivity contribution in [1.82, 2.24) is 5.32 Å². The molecule has 3 atom stereocenters. The first kappa shape index (κ1) is 9.94. The third-order valence-corrected chi connectivity index (χ3v) is 4.09. The summed E-state index contributed by atoms with van der Waals surface area (Å²) in [6.07, 6.45) is 6.61. The molecule has 1 amide bonds. The molecular formula is C13H17NO2. The maximum Gasteiger partial charge on any atom is 0.223 e. The van der Waals surface area contributed by atoms with E-state index in [1.807, 2.05) is 12.1 Å². The van der Waals surface area contributed by atoms with Crippen molar-refractivity contribution in [2.75, 3.05) is 0 Å². The van der Waals surface area contributed by atoms with Crippen molar-refractivity contribution in [3.63, 3.8) is 0 Å². The Hall–Kier alpha value is -1.25. The van der Waals surface area contributed by atoms with Gasteiger partial charge < -0.3 is 9.73 Å². The molecule has 86 valence electrons. The van der Waals surface area contributed by atoms with Gasteiger partial charge in [-0.3, -0.25) is 4.79 Å². The molecule has 0 saturated heterocycles. The van der Waals surface area contributed by atoms with E-state index in [-0.39, 0.29) is 11.8 Å². The summed E-state index contributed by atoms with van der Waals surface area (Å²) in [7, 11) is 0. The van der Waals surface area contributed by atoms with Crippen LogP contribution in [0.1, 0.15) is 31.4 Å². The van der Waals surface area contributed by atoms with Crippen molar-refractivity contribution in [3.8, 4) is 0 Å². The highest BCUT2D eigenvalue weighted by Gasteiger charge is 2.42. The Bertz CT molecular complexity index is 371. The van der Waals surface area contributed by atoms with Crippen LogP contribution in [0.4, 0.5) is 0 Å². The summed E-state index contributed by atoms with van der Waals surface area (Å²) >= 11 is 0. The molecular weight excluding hydrogens is 202 g/mol. The first-order valence-corrected chi connectivity index (χ1v) is 6.13. The zero-order chi connectivity index (χ0) is 11.0. The minimum Gasteiger partial charge on any atom is -0.467 e. The van der Waals surface area contributed by atoms with Gasteiger partial charge >= 0.3 is 0 Å². The van der Waals surface area contributed by atoms with Crippen molar-refractivity contribution >= 4 is 5.91 Å². The fourth-order valence-electron chi connectivity index (χ4n) is 3.28. The number of carbonyl (C=O) groups is 1. The van der Waals surface area contributed by atoms with Crippen LogP contribution >= 0.6 is 0 Å². The highest BCUT2D eigenvalue weighted by molar-refractivity contribution is 5.79. The second-order valence-electron chi connectivity index (χ2n) is 5.08. The second kappa shape index (κ2) is 3.96. The molecule has 1 aromatic heterocycles. The average Bonchev–Trinajstić information content (AvgIpc) is 3.01.